The molecule has 0 saturated heterocycles. The van der Waals surface area contributed by atoms with E-state index in [9.17, 15) is 4.79 Å². The fourth-order valence-corrected chi connectivity index (χ4v) is 1.43. The quantitative estimate of drug-likeness (QED) is 0.818. The Hall–Kier alpha value is -2.15. The first kappa shape index (κ1) is 11.3. The molecule has 2 aromatic rings. The maximum absolute atomic E-state index is 11.2. The Labute approximate surface area is 97.6 Å². The third-order valence-corrected chi connectivity index (χ3v) is 2.14. The molecule has 0 bridgehead atoms. The number of hydrogen-bond acceptors (Lipinski definition) is 5. The summed E-state index contributed by atoms with van der Waals surface area (Å²) in [5, 5.41) is 6.56. The summed E-state index contributed by atoms with van der Waals surface area (Å²) in [6.45, 7) is 2.37. The van der Waals surface area contributed by atoms with Gasteiger partial charge in [-0.3, -0.25) is 5.32 Å². The van der Waals surface area contributed by atoms with Crippen molar-refractivity contribution in [3.05, 3.63) is 23.9 Å². The number of nitrogens with zero attached hydrogens (tertiary/aromatic N) is 3. The third-order valence-electron chi connectivity index (χ3n) is 2.14. The number of hydrogen-bond donors (Lipinski definition) is 2. The highest BCUT2D eigenvalue weighted by atomic mass is 16.5. The van der Waals surface area contributed by atoms with Crippen LogP contribution in [0, 0.1) is 0 Å². The topological polar surface area (TPSA) is 94.5 Å². The van der Waals surface area contributed by atoms with Gasteiger partial charge >= 0.3 is 6.09 Å². The smallest absolute Gasteiger partial charge is 0.414 e. The predicted molar refractivity (Wildman–Crippen MR) is 61.5 cm³/mol. The summed E-state index contributed by atoms with van der Waals surface area (Å²) in [4.78, 5) is 15.3. The number of fused-ring (bicyclic) bond motifs is 1. The van der Waals surface area contributed by atoms with Gasteiger partial charge in [-0.05, 0) is 19.1 Å². The molecule has 3 N–H and O–H groups in total. The predicted octanol–water partition coefficient (Wildman–Crippen LogP) is 0.756. The zero-order valence-corrected chi connectivity index (χ0v) is 9.38. The minimum atomic E-state index is -0.572. The molecule has 90 valence electrons. The third kappa shape index (κ3) is 2.34. The van der Waals surface area contributed by atoms with Crippen LogP contribution in [-0.4, -0.2) is 27.3 Å². The average Bonchev–Trinajstić information content (AvgIpc) is 2.70. The lowest BCUT2D eigenvalue weighted by molar-refractivity contribution is 0.167. The summed E-state index contributed by atoms with van der Waals surface area (Å²) < 4.78 is 6.32. The van der Waals surface area contributed by atoms with E-state index in [2.05, 4.69) is 15.4 Å². The molecule has 0 radical (unpaired) electrons. The molecule has 0 aliphatic rings. The summed E-state index contributed by atoms with van der Waals surface area (Å²) in [7, 11) is 0. The Morgan fingerprint density at radius 1 is 1.59 bits per heavy atom. The summed E-state index contributed by atoms with van der Waals surface area (Å²) >= 11 is 0. The maximum Gasteiger partial charge on any atom is 0.414 e. The van der Waals surface area contributed by atoms with Gasteiger partial charge in [0.15, 0.2) is 5.65 Å². The molecule has 0 saturated carbocycles. The fourth-order valence-electron chi connectivity index (χ4n) is 1.43. The van der Waals surface area contributed by atoms with Crippen LogP contribution < -0.4 is 11.1 Å². The fraction of sp³-hybridized carbons (Fsp3) is 0.300. The van der Waals surface area contributed by atoms with Crippen LogP contribution in [0.3, 0.4) is 0 Å². The van der Waals surface area contributed by atoms with Crippen molar-refractivity contribution < 1.29 is 9.53 Å². The van der Waals surface area contributed by atoms with E-state index in [4.69, 9.17) is 10.5 Å². The largest absolute Gasteiger partial charge is 0.450 e. The van der Waals surface area contributed by atoms with Gasteiger partial charge in [0.25, 0.3) is 5.95 Å². The van der Waals surface area contributed by atoms with Gasteiger partial charge in [0.05, 0.1) is 12.3 Å². The Morgan fingerprint density at radius 3 is 3.12 bits per heavy atom. The molecular formula is C10H13N5O2. The normalized spacial score (nSPS) is 10.5. The lowest BCUT2D eigenvalue weighted by Gasteiger charge is -1.99. The standard InChI is InChI=1S/C10H13N5O2/c1-2-17-10(16)13-9-12-8-5-3-4-7(6-11)15(8)14-9/h3-5H,2,6,11H2,1H3,(H,13,14,16). The van der Waals surface area contributed by atoms with Gasteiger partial charge in [0, 0.05) is 6.54 Å². The highest BCUT2D eigenvalue weighted by Gasteiger charge is 2.09. The van der Waals surface area contributed by atoms with Crippen LogP contribution in [0.25, 0.3) is 5.65 Å². The van der Waals surface area contributed by atoms with Crippen LogP contribution in [-0.2, 0) is 11.3 Å². The van der Waals surface area contributed by atoms with Gasteiger partial charge in [-0.15, -0.1) is 5.10 Å². The van der Waals surface area contributed by atoms with Crippen molar-refractivity contribution in [2.75, 3.05) is 11.9 Å². The second-order valence-corrected chi connectivity index (χ2v) is 3.27. The molecule has 2 heterocycles. The molecule has 17 heavy (non-hydrogen) atoms. The number of nitrogens with two attached hydrogens (primary N) is 1. The number of nitrogens with one attached hydrogen (secondary N) is 1. The summed E-state index contributed by atoms with van der Waals surface area (Å²) in [6.07, 6.45) is -0.572. The molecule has 0 fully saturated rings. The minimum absolute atomic E-state index is 0.198. The van der Waals surface area contributed by atoms with Crippen LogP contribution in [0.2, 0.25) is 0 Å². The first-order valence-corrected chi connectivity index (χ1v) is 5.23. The molecule has 0 spiro atoms. The Bertz CT molecular complexity index is 536. The molecule has 0 unspecified atom stereocenters. The van der Waals surface area contributed by atoms with E-state index in [0.717, 1.165) is 5.69 Å². The van der Waals surface area contributed by atoms with Crippen molar-refractivity contribution in [3.8, 4) is 0 Å². The van der Waals surface area contributed by atoms with E-state index in [1.54, 1.807) is 17.5 Å². The lowest BCUT2D eigenvalue weighted by atomic mass is 10.3. The Balaban J connectivity index is 2.28. The Morgan fingerprint density at radius 2 is 2.41 bits per heavy atom. The summed E-state index contributed by atoms with van der Waals surface area (Å²) in [5.74, 6) is 0.198. The molecule has 1 amide bonds. The van der Waals surface area contributed by atoms with E-state index < -0.39 is 6.09 Å². The van der Waals surface area contributed by atoms with Crippen LogP contribution in [0.4, 0.5) is 10.7 Å². The first-order valence-electron chi connectivity index (χ1n) is 5.23. The van der Waals surface area contributed by atoms with E-state index in [-0.39, 0.29) is 5.95 Å². The zero-order valence-electron chi connectivity index (χ0n) is 9.38. The second-order valence-electron chi connectivity index (χ2n) is 3.27. The zero-order chi connectivity index (χ0) is 12.3. The number of carbonyl (C=O) groups excluding carboxylic acids is 1. The number of ether oxygens (including phenoxy) is 1. The monoisotopic (exact) mass is 235 g/mol. The molecule has 2 aromatic heterocycles. The van der Waals surface area contributed by atoms with E-state index in [0.29, 0.717) is 18.8 Å². The summed E-state index contributed by atoms with van der Waals surface area (Å²) in [5.41, 5.74) is 7.01. The molecular weight excluding hydrogens is 222 g/mol. The SMILES string of the molecule is CCOC(=O)Nc1nc2cccc(CN)n2n1. The average molecular weight is 235 g/mol. The first-order chi connectivity index (χ1) is 8.24. The van der Waals surface area contributed by atoms with Crippen LogP contribution in [0.5, 0.6) is 0 Å². The van der Waals surface area contributed by atoms with Crippen molar-refractivity contribution in [2.24, 2.45) is 5.73 Å². The van der Waals surface area contributed by atoms with Crippen molar-refractivity contribution >= 4 is 17.7 Å². The van der Waals surface area contributed by atoms with E-state index in [1.807, 2.05) is 12.1 Å². The highest BCUT2D eigenvalue weighted by molar-refractivity contribution is 5.82. The number of pyridine rings is 1. The van der Waals surface area contributed by atoms with Gasteiger partial charge in [-0.25, -0.2) is 9.31 Å². The number of anilines is 1. The van der Waals surface area contributed by atoms with Crippen molar-refractivity contribution in [2.45, 2.75) is 13.5 Å². The van der Waals surface area contributed by atoms with Gasteiger partial charge in [0.2, 0.25) is 0 Å². The summed E-state index contributed by atoms with van der Waals surface area (Å²) in [6, 6.07) is 5.46. The number of aromatic nitrogens is 3. The van der Waals surface area contributed by atoms with E-state index in [1.165, 1.54) is 0 Å². The number of rotatable bonds is 3. The van der Waals surface area contributed by atoms with Gasteiger partial charge < -0.3 is 10.5 Å². The lowest BCUT2D eigenvalue weighted by Crippen LogP contribution is -2.14. The molecule has 2 rings (SSSR count). The molecule has 0 aromatic carbocycles. The number of amides is 1. The molecule has 0 atom stereocenters. The van der Waals surface area contributed by atoms with Crippen molar-refractivity contribution in [3.63, 3.8) is 0 Å². The molecule has 7 heteroatoms. The van der Waals surface area contributed by atoms with Gasteiger partial charge in [-0.1, -0.05) is 6.07 Å². The second kappa shape index (κ2) is 4.79. The van der Waals surface area contributed by atoms with Crippen LogP contribution in [0.15, 0.2) is 18.2 Å². The van der Waals surface area contributed by atoms with Crippen molar-refractivity contribution in [1.82, 2.24) is 14.6 Å². The molecule has 0 aliphatic heterocycles. The highest BCUT2D eigenvalue weighted by Crippen LogP contribution is 2.08. The van der Waals surface area contributed by atoms with Gasteiger partial charge in [-0.2, -0.15) is 4.98 Å². The Kier molecular flexibility index (Phi) is 3.20. The van der Waals surface area contributed by atoms with Crippen LogP contribution >= 0.6 is 0 Å². The molecule has 7 nitrogen and oxygen atoms in total. The van der Waals surface area contributed by atoms with E-state index >= 15 is 0 Å². The molecule has 0 aliphatic carbocycles. The van der Waals surface area contributed by atoms with Crippen molar-refractivity contribution in [1.29, 1.82) is 0 Å². The van der Waals surface area contributed by atoms with Gasteiger partial charge in [0.1, 0.15) is 0 Å². The maximum atomic E-state index is 11.2. The number of carbonyl (C=O) groups is 1. The minimum Gasteiger partial charge on any atom is -0.450 e. The van der Waals surface area contributed by atoms with Crippen LogP contribution in [0.1, 0.15) is 12.6 Å².